The van der Waals surface area contributed by atoms with Gasteiger partial charge in [0, 0.05) is 5.69 Å². The molecule has 1 aliphatic carbocycles. The molecule has 0 aromatic heterocycles. The molecule has 1 fully saturated rings. The highest BCUT2D eigenvalue weighted by atomic mass is 16.2. The van der Waals surface area contributed by atoms with E-state index < -0.39 is 5.41 Å². The lowest BCUT2D eigenvalue weighted by Gasteiger charge is -2.17. The highest BCUT2D eigenvalue weighted by molar-refractivity contribution is 6.17. The van der Waals surface area contributed by atoms with Crippen molar-refractivity contribution in [2.75, 3.05) is 10.6 Å². The minimum atomic E-state index is -1.06. The Morgan fingerprint density at radius 2 is 1.56 bits per heavy atom. The van der Waals surface area contributed by atoms with Crippen LogP contribution < -0.4 is 10.6 Å². The summed E-state index contributed by atoms with van der Waals surface area (Å²) >= 11 is 0. The van der Waals surface area contributed by atoms with Crippen molar-refractivity contribution in [2.24, 2.45) is 5.41 Å². The third kappa shape index (κ3) is 3.11. The van der Waals surface area contributed by atoms with Crippen molar-refractivity contribution in [1.82, 2.24) is 0 Å². The van der Waals surface area contributed by atoms with Crippen molar-refractivity contribution < 1.29 is 9.59 Å². The maximum atomic E-state index is 12.7. The first-order chi connectivity index (χ1) is 12.0. The summed E-state index contributed by atoms with van der Waals surface area (Å²) < 4.78 is 0. The summed E-state index contributed by atoms with van der Waals surface area (Å²) in [5.74, 6) is -0.661. The third-order valence-corrected chi connectivity index (χ3v) is 4.77. The second-order valence-corrected chi connectivity index (χ2v) is 6.40. The molecule has 0 radical (unpaired) electrons. The third-order valence-electron chi connectivity index (χ3n) is 4.77. The molecule has 25 heavy (non-hydrogen) atoms. The minimum absolute atomic E-state index is 0.298. The molecule has 0 heterocycles. The summed E-state index contributed by atoms with van der Waals surface area (Å²) in [5, 5.41) is 14.7. The number of anilines is 2. The Kier molecular flexibility index (Phi) is 4.28. The van der Waals surface area contributed by atoms with E-state index in [2.05, 4.69) is 10.6 Å². The molecule has 0 aliphatic heterocycles. The zero-order valence-corrected chi connectivity index (χ0v) is 14.2. The lowest BCUT2D eigenvalue weighted by molar-refractivity contribution is -0.131. The summed E-state index contributed by atoms with van der Waals surface area (Å²) in [5.41, 5.74) is 2.54. The predicted molar refractivity (Wildman–Crippen MR) is 96.0 cm³/mol. The highest BCUT2D eigenvalue weighted by Gasteiger charge is 2.56. The average Bonchev–Trinajstić information content (AvgIpc) is 3.41. The molecule has 5 nitrogen and oxygen atoms in total. The van der Waals surface area contributed by atoms with Crippen molar-refractivity contribution in [3.8, 4) is 6.07 Å². The molecule has 0 atom stereocenters. The Bertz CT molecular complexity index is 892. The lowest BCUT2D eigenvalue weighted by Crippen LogP contribution is -2.36. The van der Waals surface area contributed by atoms with Crippen LogP contribution in [0, 0.1) is 30.6 Å². The van der Waals surface area contributed by atoms with Crippen molar-refractivity contribution in [1.29, 1.82) is 5.26 Å². The molecule has 2 amide bonds. The van der Waals surface area contributed by atoms with E-state index >= 15 is 0 Å². The van der Waals surface area contributed by atoms with Gasteiger partial charge >= 0.3 is 0 Å². The smallest absolute Gasteiger partial charge is 0.240 e. The van der Waals surface area contributed by atoms with Gasteiger partial charge in [-0.1, -0.05) is 24.3 Å². The number of carbonyl (C=O) groups is 2. The van der Waals surface area contributed by atoms with E-state index in [4.69, 9.17) is 5.26 Å². The van der Waals surface area contributed by atoms with Gasteiger partial charge in [0.25, 0.3) is 0 Å². The Morgan fingerprint density at radius 1 is 0.960 bits per heavy atom. The Hall–Kier alpha value is -3.13. The summed E-state index contributed by atoms with van der Waals surface area (Å²) in [6, 6.07) is 14.5. The van der Waals surface area contributed by atoms with Crippen LogP contribution in [-0.4, -0.2) is 11.8 Å². The van der Waals surface area contributed by atoms with Crippen LogP contribution >= 0.6 is 0 Å². The molecule has 1 aliphatic rings. The van der Waals surface area contributed by atoms with Gasteiger partial charge in [0.15, 0.2) is 0 Å². The molecule has 1 saturated carbocycles. The highest BCUT2D eigenvalue weighted by Crippen LogP contribution is 2.47. The fourth-order valence-electron chi connectivity index (χ4n) is 2.74. The van der Waals surface area contributed by atoms with Gasteiger partial charge in [-0.05, 0) is 56.0 Å². The number of aryl methyl sites for hydroxylation is 1. The molecular weight excluding hydrogens is 314 g/mol. The fourth-order valence-corrected chi connectivity index (χ4v) is 2.74. The number of carbonyl (C=O) groups excluding carboxylic acids is 2. The molecular formula is C20H19N3O2. The van der Waals surface area contributed by atoms with Crippen molar-refractivity contribution in [2.45, 2.75) is 26.7 Å². The normalized spacial score (nSPS) is 14.3. The number of nitriles is 1. The Morgan fingerprint density at radius 3 is 2.20 bits per heavy atom. The van der Waals surface area contributed by atoms with Crippen LogP contribution in [0.1, 0.15) is 29.5 Å². The number of nitrogens with one attached hydrogen (secondary N) is 2. The van der Waals surface area contributed by atoms with Crippen LogP contribution in [0.25, 0.3) is 0 Å². The van der Waals surface area contributed by atoms with Gasteiger partial charge in [-0.25, -0.2) is 0 Å². The fraction of sp³-hybridized carbons (Fsp3) is 0.250. The Labute approximate surface area is 146 Å². The van der Waals surface area contributed by atoms with Gasteiger partial charge < -0.3 is 10.6 Å². The van der Waals surface area contributed by atoms with Crippen molar-refractivity contribution in [3.05, 3.63) is 59.2 Å². The molecule has 2 aromatic carbocycles. The Balaban J connectivity index is 1.77. The second kappa shape index (κ2) is 6.40. The molecule has 126 valence electrons. The quantitative estimate of drug-likeness (QED) is 0.840. The number of hydrogen-bond donors (Lipinski definition) is 2. The topological polar surface area (TPSA) is 82.0 Å². The van der Waals surface area contributed by atoms with Gasteiger partial charge in [0.2, 0.25) is 11.8 Å². The molecule has 2 aromatic rings. The van der Waals surface area contributed by atoms with Crippen LogP contribution in [-0.2, 0) is 9.59 Å². The first-order valence-electron chi connectivity index (χ1n) is 8.16. The molecule has 0 spiro atoms. The maximum absolute atomic E-state index is 12.7. The van der Waals surface area contributed by atoms with E-state index in [-0.39, 0.29) is 11.8 Å². The minimum Gasteiger partial charge on any atom is -0.325 e. The first kappa shape index (κ1) is 16.7. The van der Waals surface area contributed by atoms with E-state index in [9.17, 15) is 9.59 Å². The lowest BCUT2D eigenvalue weighted by atomic mass is 10.0. The van der Waals surface area contributed by atoms with Crippen LogP contribution in [0.15, 0.2) is 42.5 Å². The number of para-hydroxylation sites is 1. The monoisotopic (exact) mass is 333 g/mol. The summed E-state index contributed by atoms with van der Waals surface area (Å²) in [4.78, 5) is 25.4. The van der Waals surface area contributed by atoms with E-state index in [1.165, 1.54) is 0 Å². The van der Waals surface area contributed by atoms with Crippen LogP contribution in [0.3, 0.4) is 0 Å². The SMILES string of the molecule is Cc1cccc(NC(=O)C2(C(=O)Nc3ccccc3C#N)CC2)c1C. The average molecular weight is 333 g/mol. The summed E-state index contributed by atoms with van der Waals surface area (Å²) in [6.07, 6.45) is 1.01. The van der Waals surface area contributed by atoms with Crippen molar-refractivity contribution >= 4 is 23.2 Å². The summed E-state index contributed by atoms with van der Waals surface area (Å²) in [6.45, 7) is 3.91. The van der Waals surface area contributed by atoms with Crippen LogP contribution in [0.5, 0.6) is 0 Å². The first-order valence-corrected chi connectivity index (χ1v) is 8.16. The standard InChI is InChI=1S/C20H19N3O2/c1-13-6-5-9-16(14(13)2)22-18(24)20(10-11-20)19(25)23-17-8-4-3-7-15(17)12-21/h3-9H,10-11H2,1-2H3,(H,22,24)(H,23,25). The largest absolute Gasteiger partial charge is 0.325 e. The number of nitrogens with zero attached hydrogens (tertiary/aromatic N) is 1. The summed E-state index contributed by atoms with van der Waals surface area (Å²) in [7, 11) is 0. The van der Waals surface area contributed by atoms with E-state index in [1.54, 1.807) is 24.3 Å². The number of amides is 2. The number of benzene rings is 2. The zero-order chi connectivity index (χ0) is 18.0. The molecule has 2 N–H and O–H groups in total. The molecule has 3 rings (SSSR count). The zero-order valence-electron chi connectivity index (χ0n) is 14.2. The van der Waals surface area contributed by atoms with Gasteiger partial charge in [0.1, 0.15) is 11.5 Å². The van der Waals surface area contributed by atoms with E-state index in [0.29, 0.717) is 24.1 Å². The molecule has 0 bridgehead atoms. The van der Waals surface area contributed by atoms with E-state index in [0.717, 1.165) is 16.8 Å². The van der Waals surface area contributed by atoms with Crippen LogP contribution in [0.2, 0.25) is 0 Å². The van der Waals surface area contributed by atoms with Gasteiger partial charge in [-0.2, -0.15) is 5.26 Å². The van der Waals surface area contributed by atoms with Gasteiger partial charge in [-0.3, -0.25) is 9.59 Å². The second-order valence-electron chi connectivity index (χ2n) is 6.40. The molecule has 0 saturated heterocycles. The van der Waals surface area contributed by atoms with E-state index in [1.807, 2.05) is 38.1 Å². The predicted octanol–water partition coefficient (Wildman–Crippen LogP) is 3.53. The molecule has 5 heteroatoms. The van der Waals surface area contributed by atoms with Crippen molar-refractivity contribution in [3.63, 3.8) is 0 Å². The molecule has 0 unspecified atom stereocenters. The maximum Gasteiger partial charge on any atom is 0.240 e. The van der Waals surface area contributed by atoms with Crippen LogP contribution in [0.4, 0.5) is 11.4 Å². The van der Waals surface area contributed by atoms with Gasteiger partial charge in [0.05, 0.1) is 11.3 Å². The number of hydrogen-bond acceptors (Lipinski definition) is 3. The van der Waals surface area contributed by atoms with Gasteiger partial charge in [-0.15, -0.1) is 0 Å². The number of rotatable bonds is 4.